The van der Waals surface area contributed by atoms with E-state index in [1.54, 1.807) is 6.92 Å². The van der Waals surface area contributed by atoms with Gasteiger partial charge in [0, 0.05) is 5.56 Å². The van der Waals surface area contributed by atoms with Crippen molar-refractivity contribution in [1.29, 1.82) is 5.26 Å². The molecule has 0 aliphatic rings. The number of aromatic nitrogens is 2. The molecule has 1 heterocycles. The summed E-state index contributed by atoms with van der Waals surface area (Å²) in [6, 6.07) is 10.1. The topological polar surface area (TPSA) is 91.8 Å². The van der Waals surface area contributed by atoms with Gasteiger partial charge in [-0.1, -0.05) is 44.7 Å². The van der Waals surface area contributed by atoms with Crippen LogP contribution in [-0.2, 0) is 11.2 Å². The Kier molecular flexibility index (Phi) is 6.21. The second-order valence-electron chi connectivity index (χ2n) is 6.23. The maximum absolute atomic E-state index is 12.1. The minimum Gasteiger partial charge on any atom is -0.411 e. The number of benzene rings is 1. The Balaban J connectivity index is 1.95. The highest BCUT2D eigenvalue weighted by Gasteiger charge is 2.30. The van der Waals surface area contributed by atoms with Gasteiger partial charge in [-0.2, -0.15) is 5.26 Å². The van der Waals surface area contributed by atoms with Gasteiger partial charge in [0.15, 0.2) is 0 Å². The fourth-order valence-corrected chi connectivity index (χ4v) is 2.59. The highest BCUT2D eigenvalue weighted by molar-refractivity contribution is 7.99. The van der Waals surface area contributed by atoms with Crippen molar-refractivity contribution in [3.05, 3.63) is 29.8 Å². The first kappa shape index (κ1) is 19.0. The van der Waals surface area contributed by atoms with Gasteiger partial charge in [-0.15, -0.1) is 10.2 Å². The Labute approximate surface area is 152 Å². The van der Waals surface area contributed by atoms with Crippen LogP contribution in [0.3, 0.4) is 0 Å². The molecule has 2 aromatic rings. The standard InChI is InChI=1S/C18H22N4O2S/c1-5-13-6-8-14(9-7-13)16-21-22-17(24-16)25-10-15(23)20-18(4,11-19)12(2)3/h6-9,12H,5,10H2,1-4H3,(H,20,23). The molecule has 0 saturated carbocycles. The van der Waals surface area contributed by atoms with E-state index in [-0.39, 0.29) is 17.6 Å². The Morgan fingerprint density at radius 2 is 2.04 bits per heavy atom. The minimum absolute atomic E-state index is 0.00699. The smallest absolute Gasteiger partial charge is 0.277 e. The largest absolute Gasteiger partial charge is 0.411 e. The average molecular weight is 358 g/mol. The van der Waals surface area contributed by atoms with Gasteiger partial charge in [-0.25, -0.2) is 0 Å². The summed E-state index contributed by atoms with van der Waals surface area (Å²) in [7, 11) is 0. The summed E-state index contributed by atoms with van der Waals surface area (Å²) < 4.78 is 5.59. The molecule has 1 aromatic carbocycles. The minimum atomic E-state index is -0.890. The van der Waals surface area contributed by atoms with Crippen LogP contribution in [0.15, 0.2) is 33.9 Å². The second-order valence-corrected chi connectivity index (χ2v) is 7.16. The molecule has 0 bridgehead atoms. The van der Waals surface area contributed by atoms with Crippen LogP contribution in [0.1, 0.15) is 33.3 Å². The quantitative estimate of drug-likeness (QED) is 0.762. The number of nitriles is 1. The van der Waals surface area contributed by atoms with Gasteiger partial charge in [0.25, 0.3) is 5.22 Å². The van der Waals surface area contributed by atoms with Crippen LogP contribution in [0.2, 0.25) is 0 Å². The van der Waals surface area contributed by atoms with Crippen molar-refractivity contribution in [2.45, 2.75) is 44.9 Å². The molecule has 1 atom stereocenters. The molecule has 6 nitrogen and oxygen atoms in total. The molecule has 0 saturated heterocycles. The average Bonchev–Trinajstić information content (AvgIpc) is 3.08. The van der Waals surface area contributed by atoms with Crippen molar-refractivity contribution in [3.8, 4) is 17.5 Å². The molecule has 2 rings (SSSR count). The number of rotatable bonds is 7. The van der Waals surface area contributed by atoms with E-state index in [9.17, 15) is 10.1 Å². The van der Waals surface area contributed by atoms with E-state index in [1.807, 2.05) is 38.1 Å². The van der Waals surface area contributed by atoms with Crippen LogP contribution in [0.25, 0.3) is 11.5 Å². The van der Waals surface area contributed by atoms with Crippen molar-refractivity contribution in [1.82, 2.24) is 15.5 Å². The van der Waals surface area contributed by atoms with Crippen LogP contribution in [0, 0.1) is 17.2 Å². The van der Waals surface area contributed by atoms with Crippen molar-refractivity contribution in [3.63, 3.8) is 0 Å². The van der Waals surface area contributed by atoms with Gasteiger partial charge in [0.1, 0.15) is 5.54 Å². The summed E-state index contributed by atoms with van der Waals surface area (Å²) in [5.74, 6) is 0.303. The molecular weight excluding hydrogens is 336 g/mol. The van der Waals surface area contributed by atoms with Crippen LogP contribution in [0.4, 0.5) is 0 Å². The zero-order chi connectivity index (χ0) is 18.4. The van der Waals surface area contributed by atoms with E-state index in [0.717, 1.165) is 23.7 Å². The van der Waals surface area contributed by atoms with Gasteiger partial charge in [-0.3, -0.25) is 4.79 Å². The fourth-order valence-electron chi connectivity index (χ4n) is 2.02. The first-order valence-electron chi connectivity index (χ1n) is 8.15. The number of carbonyl (C=O) groups excluding carboxylic acids is 1. The fraction of sp³-hybridized carbons (Fsp3) is 0.444. The summed E-state index contributed by atoms with van der Waals surface area (Å²) in [4.78, 5) is 12.1. The van der Waals surface area contributed by atoms with Crippen LogP contribution >= 0.6 is 11.8 Å². The van der Waals surface area contributed by atoms with Crippen LogP contribution < -0.4 is 5.32 Å². The molecule has 1 amide bonds. The van der Waals surface area contributed by atoms with E-state index in [2.05, 4.69) is 28.5 Å². The third kappa shape index (κ3) is 4.83. The first-order valence-corrected chi connectivity index (χ1v) is 9.14. The van der Waals surface area contributed by atoms with E-state index in [1.165, 1.54) is 5.56 Å². The van der Waals surface area contributed by atoms with Gasteiger partial charge in [-0.05, 0) is 37.0 Å². The highest BCUT2D eigenvalue weighted by Crippen LogP contribution is 2.24. The van der Waals surface area contributed by atoms with Crippen LogP contribution in [-0.4, -0.2) is 27.4 Å². The number of hydrogen-bond donors (Lipinski definition) is 1. The van der Waals surface area contributed by atoms with Gasteiger partial charge >= 0.3 is 0 Å². The first-order chi connectivity index (χ1) is 11.9. The lowest BCUT2D eigenvalue weighted by molar-refractivity contribution is -0.120. The third-order valence-corrected chi connectivity index (χ3v) is 4.95. The van der Waals surface area contributed by atoms with E-state index in [0.29, 0.717) is 11.1 Å². The Bertz CT molecular complexity index is 764. The van der Waals surface area contributed by atoms with Crippen molar-refractivity contribution in [2.75, 3.05) is 5.75 Å². The third-order valence-electron chi connectivity index (χ3n) is 4.13. The number of nitrogens with one attached hydrogen (secondary N) is 1. The summed E-state index contributed by atoms with van der Waals surface area (Å²) in [5.41, 5.74) is 1.19. The molecule has 1 aromatic heterocycles. The summed E-state index contributed by atoms with van der Waals surface area (Å²) in [6.07, 6.45) is 0.971. The number of aryl methyl sites for hydroxylation is 1. The van der Waals surface area contributed by atoms with E-state index < -0.39 is 5.54 Å². The number of amides is 1. The molecule has 0 aliphatic heterocycles. The van der Waals surface area contributed by atoms with E-state index >= 15 is 0 Å². The Hall–Kier alpha value is -2.33. The summed E-state index contributed by atoms with van der Waals surface area (Å²) in [5, 5.41) is 20.3. The van der Waals surface area contributed by atoms with Gasteiger partial charge < -0.3 is 9.73 Å². The molecule has 1 N–H and O–H groups in total. The lowest BCUT2D eigenvalue weighted by Crippen LogP contribution is -2.49. The molecule has 0 aliphatic carbocycles. The highest BCUT2D eigenvalue weighted by atomic mass is 32.2. The number of hydrogen-bond acceptors (Lipinski definition) is 6. The summed E-state index contributed by atoms with van der Waals surface area (Å²) in [6.45, 7) is 7.60. The lowest BCUT2D eigenvalue weighted by Gasteiger charge is -2.27. The SMILES string of the molecule is CCc1ccc(-c2nnc(SCC(=O)NC(C)(C#N)C(C)C)o2)cc1. The number of nitrogens with zero attached hydrogens (tertiary/aromatic N) is 3. The Morgan fingerprint density at radius 3 is 2.60 bits per heavy atom. The molecule has 25 heavy (non-hydrogen) atoms. The normalized spacial score (nSPS) is 13.3. The number of thioether (sulfide) groups is 1. The van der Waals surface area contributed by atoms with Crippen molar-refractivity contribution >= 4 is 17.7 Å². The molecule has 0 fully saturated rings. The predicted molar refractivity (Wildman–Crippen MR) is 96.8 cm³/mol. The zero-order valence-corrected chi connectivity index (χ0v) is 15.7. The Morgan fingerprint density at radius 1 is 1.36 bits per heavy atom. The molecular formula is C18H22N4O2S. The van der Waals surface area contributed by atoms with Crippen molar-refractivity contribution in [2.24, 2.45) is 5.92 Å². The van der Waals surface area contributed by atoms with E-state index in [4.69, 9.17) is 4.42 Å². The second kappa shape index (κ2) is 8.17. The monoisotopic (exact) mass is 358 g/mol. The molecule has 0 radical (unpaired) electrons. The lowest BCUT2D eigenvalue weighted by atomic mass is 9.90. The maximum atomic E-state index is 12.1. The summed E-state index contributed by atoms with van der Waals surface area (Å²) >= 11 is 1.15. The maximum Gasteiger partial charge on any atom is 0.277 e. The molecule has 132 valence electrons. The molecule has 1 unspecified atom stereocenters. The van der Waals surface area contributed by atoms with Gasteiger partial charge in [0.05, 0.1) is 11.8 Å². The van der Waals surface area contributed by atoms with Crippen LogP contribution in [0.5, 0.6) is 0 Å². The zero-order valence-electron chi connectivity index (χ0n) is 14.9. The van der Waals surface area contributed by atoms with Gasteiger partial charge in [0.2, 0.25) is 11.8 Å². The van der Waals surface area contributed by atoms with Crippen molar-refractivity contribution < 1.29 is 9.21 Å². The molecule has 7 heteroatoms. The predicted octanol–water partition coefficient (Wildman–Crippen LogP) is 3.45. The molecule has 0 spiro atoms. The number of carbonyl (C=O) groups is 1.